The van der Waals surface area contributed by atoms with E-state index in [1.165, 1.54) is 0 Å². The number of thioether (sulfide) groups is 1. The molecule has 1 amide bonds. The van der Waals surface area contributed by atoms with Crippen molar-refractivity contribution in [1.29, 1.82) is 0 Å². The molecule has 1 aliphatic rings. The molecule has 1 aliphatic heterocycles. The summed E-state index contributed by atoms with van der Waals surface area (Å²) in [5.74, 6) is 2.60. The van der Waals surface area contributed by atoms with Crippen molar-refractivity contribution in [2.45, 2.75) is 30.5 Å². The molecular weight excluding hydrogens is 410 g/mol. The minimum absolute atomic E-state index is 0.193. The largest absolute Gasteiger partial charge is 0.457 e. The van der Waals surface area contributed by atoms with Crippen LogP contribution in [0.4, 0.5) is 4.79 Å². The molecule has 0 aliphatic carbocycles. The maximum Gasteiger partial charge on any atom is 0.407 e. The zero-order chi connectivity index (χ0) is 20.9. The highest BCUT2D eigenvalue weighted by Crippen LogP contribution is 2.33. The summed E-state index contributed by atoms with van der Waals surface area (Å²) in [5, 5.41) is 2.94. The molecule has 0 spiro atoms. The van der Waals surface area contributed by atoms with Gasteiger partial charge in [0.05, 0.1) is 17.3 Å². The summed E-state index contributed by atoms with van der Waals surface area (Å²) < 4.78 is 35.4. The lowest BCUT2D eigenvalue weighted by Gasteiger charge is -2.10. The van der Waals surface area contributed by atoms with E-state index in [1.54, 1.807) is 48.2 Å². The molecule has 156 valence electrons. The summed E-state index contributed by atoms with van der Waals surface area (Å²) >= 11 is 1.67. The third kappa shape index (κ3) is 6.97. The maximum absolute atomic E-state index is 12.3. The Morgan fingerprint density at radius 3 is 2.24 bits per heavy atom. The number of ether oxygens (including phenoxy) is 2. The van der Waals surface area contributed by atoms with Crippen LogP contribution in [0, 0.1) is 5.92 Å². The standard InChI is InChI=1S/C21H25NO5S2/c1-15(2)12-26-21(23)22-11-16-3-5-17(6-4-16)27-18-7-9-20(10-8-18)29(24,25)14-19-13-28-19/h3-10,15,19H,11-14H2,1-2H3,(H,22,23). The van der Waals surface area contributed by atoms with E-state index in [-0.39, 0.29) is 11.0 Å². The number of nitrogens with one attached hydrogen (secondary N) is 1. The Labute approximate surface area is 175 Å². The van der Waals surface area contributed by atoms with Crippen LogP contribution >= 0.6 is 11.8 Å². The van der Waals surface area contributed by atoms with Crippen LogP contribution in [0.2, 0.25) is 0 Å². The first kappa shape index (κ1) is 21.5. The number of carbonyl (C=O) groups excluding carboxylic acids is 1. The second-order valence-corrected chi connectivity index (χ2v) is 10.7. The molecule has 0 radical (unpaired) electrons. The molecule has 29 heavy (non-hydrogen) atoms. The van der Waals surface area contributed by atoms with Gasteiger partial charge in [0.15, 0.2) is 9.84 Å². The molecular formula is C21H25NO5S2. The Morgan fingerprint density at radius 1 is 1.10 bits per heavy atom. The summed E-state index contributed by atoms with van der Waals surface area (Å²) in [6, 6.07) is 13.8. The van der Waals surface area contributed by atoms with Gasteiger partial charge >= 0.3 is 6.09 Å². The fraction of sp³-hybridized carbons (Fsp3) is 0.381. The van der Waals surface area contributed by atoms with Crippen LogP contribution in [0.3, 0.4) is 0 Å². The molecule has 1 N–H and O–H groups in total. The quantitative estimate of drug-likeness (QED) is 0.593. The van der Waals surface area contributed by atoms with Gasteiger partial charge in [0.25, 0.3) is 0 Å². The molecule has 0 saturated carbocycles. The van der Waals surface area contributed by atoms with Crippen LogP contribution in [-0.4, -0.2) is 37.9 Å². The highest BCUT2D eigenvalue weighted by atomic mass is 32.2. The Balaban J connectivity index is 1.51. The number of benzene rings is 2. The lowest BCUT2D eigenvalue weighted by Crippen LogP contribution is -2.25. The maximum atomic E-state index is 12.3. The predicted molar refractivity (Wildman–Crippen MR) is 114 cm³/mol. The van der Waals surface area contributed by atoms with Crippen LogP contribution < -0.4 is 10.1 Å². The van der Waals surface area contributed by atoms with E-state index in [4.69, 9.17) is 9.47 Å². The zero-order valence-electron chi connectivity index (χ0n) is 16.5. The van der Waals surface area contributed by atoms with E-state index in [2.05, 4.69) is 5.32 Å². The fourth-order valence-electron chi connectivity index (χ4n) is 2.50. The van der Waals surface area contributed by atoms with Crippen molar-refractivity contribution < 1.29 is 22.7 Å². The van der Waals surface area contributed by atoms with Crippen LogP contribution in [0.5, 0.6) is 11.5 Å². The van der Waals surface area contributed by atoms with Crippen molar-refractivity contribution in [1.82, 2.24) is 5.32 Å². The molecule has 1 heterocycles. The second kappa shape index (κ2) is 9.54. The first-order chi connectivity index (χ1) is 13.8. The molecule has 2 aromatic rings. The SMILES string of the molecule is CC(C)COC(=O)NCc1ccc(Oc2ccc(S(=O)(=O)CC3CS3)cc2)cc1. The van der Waals surface area contributed by atoms with Crippen molar-refractivity contribution >= 4 is 27.7 Å². The number of hydrogen-bond donors (Lipinski definition) is 1. The van der Waals surface area contributed by atoms with Gasteiger partial charge in [0.2, 0.25) is 0 Å². The second-order valence-electron chi connectivity index (χ2n) is 7.30. The molecule has 3 rings (SSSR count). The number of hydrogen-bond acceptors (Lipinski definition) is 6. The van der Waals surface area contributed by atoms with Crippen molar-refractivity contribution in [2.24, 2.45) is 5.92 Å². The Bertz CT molecular complexity index is 921. The van der Waals surface area contributed by atoms with Crippen molar-refractivity contribution in [3.63, 3.8) is 0 Å². The summed E-state index contributed by atoms with van der Waals surface area (Å²) in [6.45, 7) is 4.71. The Morgan fingerprint density at radius 2 is 1.69 bits per heavy atom. The molecule has 0 aromatic heterocycles. The van der Waals surface area contributed by atoms with Gasteiger partial charge in [-0.1, -0.05) is 26.0 Å². The van der Waals surface area contributed by atoms with Gasteiger partial charge in [0, 0.05) is 17.5 Å². The van der Waals surface area contributed by atoms with Gasteiger partial charge in [-0.05, 0) is 47.9 Å². The first-order valence-corrected chi connectivity index (χ1v) is 12.1. The molecule has 8 heteroatoms. The molecule has 1 unspecified atom stereocenters. The number of sulfone groups is 1. The summed E-state index contributed by atoms with van der Waals surface area (Å²) in [6.07, 6.45) is -0.436. The minimum Gasteiger partial charge on any atom is -0.457 e. The minimum atomic E-state index is -3.24. The molecule has 1 saturated heterocycles. The molecule has 2 aromatic carbocycles. The van der Waals surface area contributed by atoms with Gasteiger partial charge in [-0.2, -0.15) is 11.8 Å². The van der Waals surface area contributed by atoms with E-state index < -0.39 is 15.9 Å². The third-order valence-corrected chi connectivity index (χ3v) is 7.15. The lowest BCUT2D eigenvalue weighted by atomic mass is 10.2. The highest BCUT2D eigenvalue weighted by Gasteiger charge is 2.29. The first-order valence-electron chi connectivity index (χ1n) is 9.43. The number of carbonyl (C=O) groups is 1. The average molecular weight is 436 g/mol. The third-order valence-electron chi connectivity index (χ3n) is 4.13. The lowest BCUT2D eigenvalue weighted by molar-refractivity contribution is 0.132. The van der Waals surface area contributed by atoms with Crippen LogP contribution in [0.25, 0.3) is 0 Å². The monoisotopic (exact) mass is 435 g/mol. The molecule has 1 atom stereocenters. The van der Waals surface area contributed by atoms with Crippen LogP contribution in [-0.2, 0) is 21.1 Å². The van der Waals surface area contributed by atoms with E-state index in [0.717, 1.165) is 11.3 Å². The van der Waals surface area contributed by atoms with Crippen LogP contribution in [0.1, 0.15) is 19.4 Å². The van der Waals surface area contributed by atoms with E-state index in [9.17, 15) is 13.2 Å². The highest BCUT2D eigenvalue weighted by molar-refractivity contribution is 8.08. The fourth-order valence-corrected chi connectivity index (χ4v) is 5.18. The van der Waals surface area contributed by atoms with Gasteiger partial charge in [-0.25, -0.2) is 13.2 Å². The van der Waals surface area contributed by atoms with Crippen molar-refractivity contribution in [2.75, 3.05) is 18.1 Å². The van der Waals surface area contributed by atoms with E-state index in [0.29, 0.717) is 35.5 Å². The Kier molecular flexibility index (Phi) is 7.08. The number of amides is 1. The topological polar surface area (TPSA) is 81.7 Å². The van der Waals surface area contributed by atoms with Crippen molar-refractivity contribution in [3.8, 4) is 11.5 Å². The molecule has 1 fully saturated rings. The smallest absolute Gasteiger partial charge is 0.407 e. The Hall–Kier alpha value is -2.19. The summed E-state index contributed by atoms with van der Waals surface area (Å²) in [5.41, 5.74) is 0.915. The number of alkyl carbamates (subject to hydrolysis) is 1. The zero-order valence-corrected chi connectivity index (χ0v) is 18.1. The average Bonchev–Trinajstić information content (AvgIpc) is 3.49. The summed E-state index contributed by atoms with van der Waals surface area (Å²) in [7, 11) is -3.24. The van der Waals surface area contributed by atoms with Gasteiger partial charge in [-0.15, -0.1) is 0 Å². The van der Waals surface area contributed by atoms with Gasteiger partial charge in [0.1, 0.15) is 11.5 Å². The normalized spacial score (nSPS) is 15.8. The van der Waals surface area contributed by atoms with Gasteiger partial charge < -0.3 is 14.8 Å². The van der Waals surface area contributed by atoms with Gasteiger partial charge in [-0.3, -0.25) is 0 Å². The predicted octanol–water partition coefficient (Wildman–Crippen LogP) is 4.25. The van der Waals surface area contributed by atoms with E-state index >= 15 is 0 Å². The molecule has 6 nitrogen and oxygen atoms in total. The summed E-state index contributed by atoms with van der Waals surface area (Å²) in [4.78, 5) is 11.9. The van der Waals surface area contributed by atoms with Crippen molar-refractivity contribution in [3.05, 3.63) is 54.1 Å². The van der Waals surface area contributed by atoms with Crippen LogP contribution in [0.15, 0.2) is 53.4 Å². The van der Waals surface area contributed by atoms with E-state index in [1.807, 2.05) is 26.0 Å². The molecule has 0 bridgehead atoms. The number of rotatable bonds is 9.